The van der Waals surface area contributed by atoms with Crippen molar-refractivity contribution < 1.29 is 9.60 Å². The third kappa shape index (κ3) is 22.9. The Hall–Kier alpha value is -1.56. The average Bonchev–Trinajstić information content (AvgIpc) is 0.729. The highest BCUT2D eigenvalue weighted by Crippen LogP contribution is 2.66. The van der Waals surface area contributed by atoms with Gasteiger partial charge in [0.25, 0.3) is 0 Å². The van der Waals surface area contributed by atoms with Crippen molar-refractivity contribution in [2.75, 3.05) is 0 Å². The molecule has 12 aliphatic rings. The molecule has 14 rings (SSSR count). The molecule has 0 aromatic heterocycles. The van der Waals surface area contributed by atoms with Gasteiger partial charge in [-0.1, -0.05) is 260 Å². The third-order valence-corrected chi connectivity index (χ3v) is 23.4. The lowest BCUT2D eigenvalue weighted by Gasteiger charge is -2.62. The molecule has 2 atom stereocenters. The number of benzene rings is 2. The molecule has 0 aliphatic heterocycles. The summed E-state index contributed by atoms with van der Waals surface area (Å²) in [7, 11) is 0. The number of hydrogen-bond donors (Lipinski definition) is 0. The van der Waals surface area contributed by atoms with E-state index in [9.17, 15) is 0 Å². The first-order chi connectivity index (χ1) is 42.8. The van der Waals surface area contributed by atoms with Gasteiger partial charge in [-0.05, 0) is 291 Å². The van der Waals surface area contributed by atoms with Gasteiger partial charge in [0.2, 0.25) is 0 Å². The fraction of sp³-hybridized carbons (Fsp3) is 0.862. The summed E-state index contributed by atoms with van der Waals surface area (Å²) in [6.45, 7) is 62.1. The number of aryl methyl sites for hydroxylation is 2. The lowest BCUT2D eigenvalue weighted by atomic mass is 9.43. The summed E-state index contributed by atoms with van der Waals surface area (Å²) in [6.07, 6.45) is 31.7. The van der Waals surface area contributed by atoms with Gasteiger partial charge in [-0.15, -0.1) is 0 Å². The highest BCUT2D eigenvalue weighted by molar-refractivity contribution is 5.38. The van der Waals surface area contributed by atoms with Crippen molar-refractivity contribution in [1.29, 1.82) is 0 Å². The first kappa shape index (κ1) is 65.5. The van der Waals surface area contributed by atoms with Crippen molar-refractivity contribution >= 4 is 0 Å². The second-order valence-corrected chi connectivity index (χ2v) is 39.2. The van der Waals surface area contributed by atoms with Crippen LogP contribution in [0.2, 0.25) is 0 Å². The Morgan fingerprint density at radius 1 is 0.483 bits per heavy atom. The Labute approximate surface area is 557 Å². The fourth-order valence-electron chi connectivity index (χ4n) is 21.2. The lowest BCUT2D eigenvalue weighted by Crippen LogP contribution is -2.51. The zero-order valence-corrected chi connectivity index (χ0v) is 63.6. The third-order valence-electron chi connectivity index (χ3n) is 23.4. The molecule has 12 bridgehead atoms. The van der Waals surface area contributed by atoms with Gasteiger partial charge >= 0.3 is 0 Å². The maximum atomic E-state index is 9.00. The van der Waals surface area contributed by atoms with Gasteiger partial charge in [0.05, 0.1) is 5.48 Å². The standard InChI is InChI=1S/3C14H24.C12H18.C11H16.2C11H24/c1-13(2,3)14-7-10-4-11(8-14)6-12(5-10)9-14;2*1-14(2,3)13-11-5-9-4-10(7-11)8-12(13)6-9;1-9-7-6-8-10(2)11(9)12(3,4)5;1-9-6-5-7-10(8-9)11(2,3)4;2*1-6-8-10(7-2)9-11(3,4)5/h10-12H,4-9H2,1-3H3;2*9-13H,4-8H2,1-3H3;6-8H,1-5H3;5-8H,1-4H3;2*10H,6-9H2,1-5H3/i;13D;;;5D,6D,7D,8D;9D2;. The van der Waals surface area contributed by atoms with E-state index in [-0.39, 0.29) is 57.6 Å². The molecule has 2 aromatic carbocycles. The zero-order chi connectivity index (χ0) is 71.7. The van der Waals surface area contributed by atoms with Crippen molar-refractivity contribution in [1.82, 2.24) is 0 Å². The molecule has 0 radical (unpaired) electrons. The van der Waals surface area contributed by atoms with Crippen molar-refractivity contribution in [2.45, 2.75) is 359 Å². The van der Waals surface area contributed by atoms with Crippen LogP contribution >= 0.6 is 0 Å². The summed E-state index contributed by atoms with van der Waals surface area (Å²) in [5, 5.41) is 0. The van der Waals surface area contributed by atoms with Crippen LogP contribution in [0.1, 0.15) is 365 Å². The van der Waals surface area contributed by atoms with Crippen LogP contribution < -0.4 is 0 Å². The monoisotopic (exact) mass is 1210 g/mol. The van der Waals surface area contributed by atoms with Crippen molar-refractivity contribution in [3.63, 3.8) is 0 Å². The van der Waals surface area contributed by atoms with Gasteiger partial charge in [0.1, 0.15) is 0 Å². The summed E-state index contributed by atoms with van der Waals surface area (Å²) in [6, 6.07) is 6.67. The molecule has 0 heteroatoms. The predicted molar refractivity (Wildman–Crippen MR) is 390 cm³/mol. The largest absolute Gasteiger partial charge is 0.0654 e. The van der Waals surface area contributed by atoms with E-state index in [1.165, 1.54) is 74.5 Å². The van der Waals surface area contributed by atoms with Crippen molar-refractivity contribution in [2.24, 2.45) is 121 Å². The summed E-state index contributed by atoms with van der Waals surface area (Å²) >= 11 is 0. The van der Waals surface area contributed by atoms with Crippen LogP contribution in [0, 0.1) is 142 Å². The molecule has 87 heavy (non-hydrogen) atoms. The summed E-state index contributed by atoms with van der Waals surface area (Å²) in [5.74, 6) is 13.3. The Kier molecular flexibility index (Phi) is 23.4. The lowest BCUT2D eigenvalue weighted by molar-refractivity contribution is -0.113. The summed E-state index contributed by atoms with van der Waals surface area (Å²) < 4.78 is 56.2. The van der Waals surface area contributed by atoms with E-state index in [0.717, 1.165) is 89.8 Å². The fourth-order valence-corrected chi connectivity index (χ4v) is 21.2. The maximum absolute atomic E-state index is 9.00. The molecule has 0 amide bonds. The van der Waals surface area contributed by atoms with Gasteiger partial charge in [0, 0.05) is 4.11 Å². The van der Waals surface area contributed by atoms with Crippen molar-refractivity contribution in [3.05, 3.63) is 70.2 Å². The zero-order valence-electron chi connectivity index (χ0n) is 70.6. The Morgan fingerprint density at radius 3 is 1.18 bits per heavy atom. The minimum Gasteiger partial charge on any atom is -0.0654 e. The Balaban J connectivity index is 0.000000199. The summed E-state index contributed by atoms with van der Waals surface area (Å²) in [4.78, 5) is 0. The van der Waals surface area contributed by atoms with Crippen LogP contribution in [-0.4, -0.2) is 0 Å². The van der Waals surface area contributed by atoms with E-state index in [0.29, 0.717) is 39.2 Å². The number of rotatable bonds is 8. The first-order valence-electron chi connectivity index (χ1n) is 40.9. The van der Waals surface area contributed by atoms with E-state index >= 15 is 0 Å². The smallest absolute Gasteiger partial charge is 0.0629 e. The van der Waals surface area contributed by atoms with Crippen molar-refractivity contribution in [3.8, 4) is 0 Å². The van der Waals surface area contributed by atoms with Gasteiger partial charge in [-0.2, -0.15) is 0 Å². The molecule has 0 saturated heterocycles. The molecule has 12 fully saturated rings. The quantitative estimate of drug-likeness (QED) is 0.247. The average molecular weight is 1210 g/mol. The van der Waals surface area contributed by atoms with Crippen LogP contribution in [0.25, 0.3) is 0 Å². The van der Waals surface area contributed by atoms with E-state index in [4.69, 9.17) is 9.60 Å². The minimum absolute atomic E-state index is 0.00185. The molecule has 2 aromatic rings. The molecular weight excluding hydrogens is 1040 g/mol. The molecule has 0 heterocycles. The highest BCUT2D eigenvalue weighted by atomic mass is 14.6. The Morgan fingerprint density at radius 2 is 0.874 bits per heavy atom. The molecular formula is C87H154. The van der Waals surface area contributed by atoms with Crippen LogP contribution in [0.5, 0.6) is 0 Å². The van der Waals surface area contributed by atoms with Gasteiger partial charge in [-0.3, -0.25) is 0 Å². The first-order valence-corrected chi connectivity index (χ1v) is 37.4. The predicted octanol–water partition coefficient (Wildman–Crippen LogP) is 27.8. The second kappa shape index (κ2) is 31.1. The SMILES string of the molecule is CC(C)(C)C12CC3CC(CC(C3)C1)C2.CC(C)(C)C1C2CC3CC(C2)CC1C3.CCCC(CC)CC(C)(C)C.Cc1cccc(C)c1C(C)(C)C.[2H]C([2H])(C(CC)CCC)C(C)(C)C.[2H]C1(C(C)(C)C)C2CC3CC(C2)CC1C3.[2H]c1c([2H])c(C)c([2H])c(C(C)(C)C)c1[2H]. The normalized spacial score (nSPS) is 33.8. The highest BCUT2D eigenvalue weighted by Gasteiger charge is 2.56. The van der Waals surface area contributed by atoms with Gasteiger partial charge < -0.3 is 0 Å². The maximum Gasteiger partial charge on any atom is 0.0629 e. The second-order valence-electron chi connectivity index (χ2n) is 39.2. The van der Waals surface area contributed by atoms with Crippen LogP contribution in [0.3, 0.4) is 0 Å². The van der Waals surface area contributed by atoms with Crippen LogP contribution in [0.4, 0.5) is 0 Å². The number of hydrogen-bond acceptors (Lipinski definition) is 0. The van der Waals surface area contributed by atoms with E-state index in [2.05, 4.69) is 164 Å². The van der Waals surface area contributed by atoms with E-state index < -0.39 is 6.37 Å². The summed E-state index contributed by atoms with van der Waals surface area (Å²) in [5.41, 5.74) is 7.61. The Bertz CT molecular complexity index is 2530. The van der Waals surface area contributed by atoms with Gasteiger partial charge in [0.15, 0.2) is 0 Å². The topological polar surface area (TPSA) is 0 Å². The molecule has 0 nitrogen and oxygen atoms in total. The van der Waals surface area contributed by atoms with E-state index in [1.54, 1.807) is 77.6 Å². The van der Waals surface area contributed by atoms with Crippen LogP contribution in [-0.2, 0) is 10.8 Å². The molecule has 12 aliphatic carbocycles. The molecule has 12 saturated carbocycles. The molecule has 0 N–H and O–H groups in total. The molecule has 502 valence electrons. The van der Waals surface area contributed by atoms with Gasteiger partial charge in [-0.25, -0.2) is 0 Å². The molecule has 0 spiro atoms. The molecule has 2 unspecified atom stereocenters. The van der Waals surface area contributed by atoms with Crippen LogP contribution in [0.15, 0.2) is 42.4 Å². The van der Waals surface area contributed by atoms with E-state index in [1.807, 2.05) is 41.5 Å². The minimum atomic E-state index is -1.04.